The number of carboxylic acid groups (broad SMARTS) is 1. The van der Waals surface area contributed by atoms with Crippen molar-refractivity contribution < 1.29 is 30.3 Å². The smallest absolute Gasteiger partial charge is 0.320 e. The molecule has 1 aliphatic rings. The zero-order chi connectivity index (χ0) is 5.98. The molecule has 0 aromatic heterocycles. The van der Waals surface area contributed by atoms with E-state index in [0.29, 0.717) is 0 Å². The topological polar surface area (TPSA) is 49.3 Å². The molecule has 1 saturated heterocycles. The minimum absolute atomic E-state index is 0. The summed E-state index contributed by atoms with van der Waals surface area (Å²) < 4.78 is 0. The second-order valence-electron chi connectivity index (χ2n) is 1.99. The molecule has 0 aliphatic carbocycles. The first kappa shape index (κ1) is 9.09. The summed E-state index contributed by atoms with van der Waals surface area (Å²) in [5.41, 5.74) is 0. The van der Waals surface area contributed by atoms with Crippen molar-refractivity contribution in [3.8, 4) is 0 Å². The Morgan fingerprint density at radius 3 is 2.56 bits per heavy atom. The number of aliphatic carboxylic acids is 1. The molecule has 0 radical (unpaired) electrons. The van der Waals surface area contributed by atoms with E-state index >= 15 is 0 Å². The number of hydrogen-bond acceptors (Lipinski definition) is 2. The molecule has 3 nitrogen and oxygen atoms in total. The normalized spacial score (nSPS) is 25.1. The summed E-state index contributed by atoms with van der Waals surface area (Å²) in [5.74, 6) is -0.720. The number of rotatable bonds is 1. The summed E-state index contributed by atoms with van der Waals surface area (Å²) in [5, 5.41) is 11.2. The number of carboxylic acids is 1. The van der Waals surface area contributed by atoms with Crippen LogP contribution in [-0.4, -0.2) is 23.7 Å². The van der Waals surface area contributed by atoms with Gasteiger partial charge in [0.1, 0.15) is 6.04 Å². The van der Waals surface area contributed by atoms with Crippen molar-refractivity contribution in [3.63, 3.8) is 0 Å². The minimum atomic E-state index is -0.720. The Morgan fingerprint density at radius 2 is 2.33 bits per heavy atom. The van der Waals surface area contributed by atoms with E-state index in [1.165, 1.54) is 0 Å². The third-order valence-corrected chi connectivity index (χ3v) is 1.36. The van der Waals surface area contributed by atoms with Crippen LogP contribution in [0.4, 0.5) is 0 Å². The van der Waals surface area contributed by atoms with Gasteiger partial charge in [-0.1, -0.05) is 0 Å². The molecule has 0 spiro atoms. The van der Waals surface area contributed by atoms with Crippen LogP contribution in [0.5, 0.6) is 0 Å². The Morgan fingerprint density at radius 1 is 1.67 bits per heavy atom. The summed E-state index contributed by atoms with van der Waals surface area (Å²) in [6, 6.07) is -0.269. The van der Waals surface area contributed by atoms with Gasteiger partial charge in [-0.3, -0.25) is 4.79 Å². The summed E-state index contributed by atoms with van der Waals surface area (Å²) in [6.45, 7) is 0.858. The third-order valence-electron chi connectivity index (χ3n) is 1.36. The molecule has 0 amide bonds. The zero-order valence-electron chi connectivity index (χ0n) is 4.87. The SMILES string of the molecule is O=C(O)[C@@H]1CCCN1.[Pd]. The molecule has 2 N–H and O–H groups in total. The molecule has 1 aliphatic heterocycles. The Bertz CT molecular complexity index is 101. The number of hydrogen-bond donors (Lipinski definition) is 2. The summed E-state index contributed by atoms with van der Waals surface area (Å²) in [6.07, 6.45) is 1.78. The molecule has 1 fully saturated rings. The minimum Gasteiger partial charge on any atom is -0.480 e. The van der Waals surface area contributed by atoms with Gasteiger partial charge in [-0.2, -0.15) is 0 Å². The summed E-state index contributed by atoms with van der Waals surface area (Å²) in [7, 11) is 0. The standard InChI is InChI=1S/C5H9NO2.Pd/c7-5(8)4-2-1-3-6-4;/h4,6H,1-3H2,(H,7,8);/t4-;/m0./s1. The third kappa shape index (κ3) is 2.44. The first-order valence-corrected chi connectivity index (χ1v) is 2.77. The fraction of sp³-hybridized carbons (Fsp3) is 0.800. The molecule has 0 aromatic carbocycles. The first-order valence-electron chi connectivity index (χ1n) is 2.77. The largest absolute Gasteiger partial charge is 0.480 e. The van der Waals surface area contributed by atoms with Crippen molar-refractivity contribution in [2.24, 2.45) is 0 Å². The molecular weight excluding hydrogens is 212 g/mol. The average Bonchev–Trinajstić information content (AvgIpc) is 2.12. The van der Waals surface area contributed by atoms with Crippen LogP contribution in [0.3, 0.4) is 0 Å². The van der Waals surface area contributed by atoms with Crippen molar-refractivity contribution in [3.05, 3.63) is 0 Å². The molecule has 0 unspecified atom stereocenters. The van der Waals surface area contributed by atoms with Gasteiger partial charge in [0.25, 0.3) is 0 Å². The Kier molecular flexibility index (Phi) is 4.04. The molecule has 0 bridgehead atoms. The fourth-order valence-electron chi connectivity index (χ4n) is 0.895. The van der Waals surface area contributed by atoms with Crippen LogP contribution in [0.1, 0.15) is 12.8 Å². The molecular formula is C5H9NO2Pd. The van der Waals surface area contributed by atoms with E-state index in [0.717, 1.165) is 19.4 Å². The average molecular weight is 222 g/mol. The second-order valence-corrected chi connectivity index (χ2v) is 1.99. The monoisotopic (exact) mass is 221 g/mol. The van der Waals surface area contributed by atoms with E-state index in [2.05, 4.69) is 5.32 Å². The molecule has 9 heavy (non-hydrogen) atoms. The number of nitrogens with one attached hydrogen (secondary N) is 1. The van der Waals surface area contributed by atoms with Crippen LogP contribution < -0.4 is 5.32 Å². The summed E-state index contributed by atoms with van der Waals surface area (Å²) >= 11 is 0. The van der Waals surface area contributed by atoms with Gasteiger partial charge in [0.2, 0.25) is 0 Å². The quantitative estimate of drug-likeness (QED) is 0.604. The van der Waals surface area contributed by atoms with E-state index in [4.69, 9.17) is 5.11 Å². The van der Waals surface area contributed by atoms with Gasteiger partial charge in [0.15, 0.2) is 0 Å². The van der Waals surface area contributed by atoms with Crippen LogP contribution >= 0.6 is 0 Å². The second kappa shape index (κ2) is 4.00. The maximum Gasteiger partial charge on any atom is 0.320 e. The van der Waals surface area contributed by atoms with E-state index in [9.17, 15) is 4.79 Å². The molecule has 1 atom stereocenters. The first-order chi connectivity index (χ1) is 3.80. The van der Waals surface area contributed by atoms with Gasteiger partial charge in [0.05, 0.1) is 0 Å². The van der Waals surface area contributed by atoms with Crippen molar-refractivity contribution in [2.75, 3.05) is 6.54 Å². The summed E-state index contributed by atoms with van der Waals surface area (Å²) in [4.78, 5) is 10.1. The van der Waals surface area contributed by atoms with Crippen LogP contribution in [0.15, 0.2) is 0 Å². The molecule has 4 heteroatoms. The Hall–Kier alpha value is 0.0923. The van der Waals surface area contributed by atoms with E-state index in [1.807, 2.05) is 0 Å². The van der Waals surface area contributed by atoms with Gasteiger partial charge in [-0.25, -0.2) is 0 Å². The Balaban J connectivity index is 0.000000640. The number of carbonyl (C=O) groups is 1. The van der Waals surface area contributed by atoms with Crippen molar-refractivity contribution >= 4 is 5.97 Å². The van der Waals surface area contributed by atoms with Crippen molar-refractivity contribution in [2.45, 2.75) is 18.9 Å². The van der Waals surface area contributed by atoms with E-state index in [-0.39, 0.29) is 26.5 Å². The van der Waals surface area contributed by atoms with Crippen LogP contribution in [0.2, 0.25) is 0 Å². The van der Waals surface area contributed by atoms with E-state index in [1.54, 1.807) is 0 Å². The van der Waals surface area contributed by atoms with Crippen molar-refractivity contribution in [1.29, 1.82) is 0 Å². The molecule has 0 saturated carbocycles. The fourth-order valence-corrected chi connectivity index (χ4v) is 0.895. The maximum atomic E-state index is 10.1. The van der Waals surface area contributed by atoms with Crippen molar-refractivity contribution in [1.82, 2.24) is 5.32 Å². The van der Waals surface area contributed by atoms with Gasteiger partial charge in [0, 0.05) is 20.4 Å². The van der Waals surface area contributed by atoms with Crippen LogP contribution in [-0.2, 0) is 25.2 Å². The maximum absolute atomic E-state index is 10.1. The van der Waals surface area contributed by atoms with Crippen LogP contribution in [0, 0.1) is 0 Å². The van der Waals surface area contributed by atoms with Gasteiger partial charge in [-0.05, 0) is 19.4 Å². The van der Waals surface area contributed by atoms with E-state index < -0.39 is 5.97 Å². The van der Waals surface area contributed by atoms with Crippen LogP contribution in [0.25, 0.3) is 0 Å². The zero-order valence-corrected chi connectivity index (χ0v) is 6.42. The Labute approximate surface area is 67.5 Å². The predicted molar refractivity (Wildman–Crippen MR) is 28.7 cm³/mol. The predicted octanol–water partition coefficient (Wildman–Crippen LogP) is -0.179. The van der Waals surface area contributed by atoms with Gasteiger partial charge in [-0.15, -0.1) is 0 Å². The molecule has 0 aromatic rings. The molecule has 56 valence electrons. The van der Waals surface area contributed by atoms with Gasteiger partial charge < -0.3 is 10.4 Å². The van der Waals surface area contributed by atoms with Gasteiger partial charge >= 0.3 is 5.97 Å². The molecule has 1 heterocycles. The molecule has 1 rings (SSSR count).